The van der Waals surface area contributed by atoms with Crippen LogP contribution in [0, 0.1) is 6.92 Å². The fourth-order valence-electron chi connectivity index (χ4n) is 3.80. The van der Waals surface area contributed by atoms with Crippen molar-refractivity contribution >= 4 is 17.6 Å². The molecule has 2 amide bonds. The average molecular weight is 401 g/mol. The minimum absolute atomic E-state index is 0.0368. The first-order valence-corrected chi connectivity index (χ1v) is 10.2. The smallest absolute Gasteiger partial charge is 0.318 e. The van der Waals surface area contributed by atoms with E-state index >= 15 is 0 Å². The molecule has 0 bridgehead atoms. The summed E-state index contributed by atoms with van der Waals surface area (Å²) >= 11 is 6.27. The van der Waals surface area contributed by atoms with Crippen molar-refractivity contribution < 1.29 is 4.79 Å². The van der Waals surface area contributed by atoms with Gasteiger partial charge in [-0.25, -0.2) is 4.79 Å². The fourth-order valence-corrected chi connectivity index (χ4v) is 3.98. The normalized spacial score (nSPS) is 16.6. The van der Waals surface area contributed by atoms with E-state index in [1.807, 2.05) is 55.3 Å². The summed E-state index contributed by atoms with van der Waals surface area (Å²) in [4.78, 5) is 21.7. The van der Waals surface area contributed by atoms with E-state index in [0.29, 0.717) is 6.54 Å². The predicted molar refractivity (Wildman–Crippen MR) is 113 cm³/mol. The van der Waals surface area contributed by atoms with Gasteiger partial charge in [0.2, 0.25) is 0 Å². The quantitative estimate of drug-likeness (QED) is 0.808. The number of rotatable bonds is 5. The molecule has 2 heterocycles. The van der Waals surface area contributed by atoms with E-state index in [0.717, 1.165) is 47.6 Å². The largest absolute Gasteiger partial charge is 0.331 e. The highest BCUT2D eigenvalue weighted by Gasteiger charge is 2.28. The van der Waals surface area contributed by atoms with E-state index in [2.05, 4.69) is 22.2 Å². The van der Waals surface area contributed by atoms with Crippen LogP contribution in [-0.2, 0) is 6.54 Å². The minimum atomic E-state index is -0.117. The maximum absolute atomic E-state index is 13.3. The van der Waals surface area contributed by atoms with Crippen LogP contribution in [0.4, 0.5) is 4.79 Å². The summed E-state index contributed by atoms with van der Waals surface area (Å²) in [6.45, 7) is 6.57. The van der Waals surface area contributed by atoms with Gasteiger partial charge in [0.25, 0.3) is 0 Å². The first-order valence-electron chi connectivity index (χ1n) is 9.85. The Labute approximate surface area is 172 Å². The first kappa shape index (κ1) is 20.6. The van der Waals surface area contributed by atoms with Gasteiger partial charge in [0.1, 0.15) is 0 Å². The van der Waals surface area contributed by atoms with E-state index in [9.17, 15) is 4.79 Å². The molecule has 1 aromatic carbocycles. The molecule has 1 atom stereocenters. The number of urea groups is 1. The second-order valence-electron chi connectivity index (χ2n) is 7.65. The Bertz CT molecular complexity index is 790. The van der Waals surface area contributed by atoms with Gasteiger partial charge in [-0.2, -0.15) is 0 Å². The number of piperidine rings is 1. The molecular formula is C22H29ClN4O. The van der Waals surface area contributed by atoms with Crippen LogP contribution < -0.4 is 5.32 Å². The third-order valence-corrected chi connectivity index (χ3v) is 5.99. The summed E-state index contributed by atoms with van der Waals surface area (Å²) in [5.74, 6) is 0. The fraction of sp³-hybridized carbons (Fsp3) is 0.455. The molecule has 150 valence electrons. The Balaban J connectivity index is 1.76. The molecule has 1 aromatic heterocycles. The van der Waals surface area contributed by atoms with Crippen molar-refractivity contribution in [3.8, 4) is 0 Å². The Morgan fingerprint density at radius 2 is 2.07 bits per heavy atom. The molecule has 5 nitrogen and oxygen atoms in total. The number of amides is 2. The van der Waals surface area contributed by atoms with E-state index in [1.54, 1.807) is 6.20 Å². The summed E-state index contributed by atoms with van der Waals surface area (Å²) < 4.78 is 0. The Morgan fingerprint density at radius 3 is 2.75 bits per heavy atom. The van der Waals surface area contributed by atoms with Crippen molar-refractivity contribution in [2.24, 2.45) is 0 Å². The van der Waals surface area contributed by atoms with Gasteiger partial charge in [-0.1, -0.05) is 29.8 Å². The molecule has 2 aromatic rings. The van der Waals surface area contributed by atoms with Crippen LogP contribution in [0.3, 0.4) is 0 Å². The van der Waals surface area contributed by atoms with E-state index in [1.165, 1.54) is 0 Å². The topological polar surface area (TPSA) is 48.5 Å². The van der Waals surface area contributed by atoms with Gasteiger partial charge in [0, 0.05) is 30.0 Å². The lowest BCUT2D eigenvalue weighted by Crippen LogP contribution is -2.50. The number of hydrogen-bond donors (Lipinski definition) is 1. The second kappa shape index (κ2) is 9.39. The number of nitrogens with zero attached hydrogens (tertiary/aromatic N) is 3. The highest BCUT2D eigenvalue weighted by atomic mass is 35.5. The monoisotopic (exact) mass is 400 g/mol. The van der Waals surface area contributed by atoms with E-state index < -0.39 is 0 Å². The molecule has 0 spiro atoms. The molecular weight excluding hydrogens is 372 g/mol. The van der Waals surface area contributed by atoms with Gasteiger partial charge in [-0.05, 0) is 75.6 Å². The lowest BCUT2D eigenvalue weighted by Gasteiger charge is -2.38. The number of benzene rings is 1. The zero-order chi connectivity index (χ0) is 20.1. The molecule has 1 N–H and O–H groups in total. The second-order valence-corrected chi connectivity index (χ2v) is 8.06. The molecule has 0 radical (unpaired) electrons. The van der Waals surface area contributed by atoms with Crippen molar-refractivity contribution in [3.63, 3.8) is 0 Å². The standard InChI is InChI=1S/C22H29ClN4O/c1-16-20(7-4-8-21(16)23)17(2)25-22(28)27(15-18-6-5-11-24-14-18)19-9-12-26(3)13-10-19/h4-8,11,14,17,19H,9-10,12-13,15H2,1-3H3,(H,25,28). The number of aromatic nitrogens is 1. The Kier molecular flexibility index (Phi) is 6.92. The van der Waals surface area contributed by atoms with E-state index in [4.69, 9.17) is 11.6 Å². The number of halogens is 1. The number of pyridine rings is 1. The van der Waals surface area contributed by atoms with Gasteiger partial charge in [-0.15, -0.1) is 0 Å². The molecule has 0 saturated carbocycles. The Morgan fingerprint density at radius 1 is 1.32 bits per heavy atom. The van der Waals surface area contributed by atoms with Gasteiger partial charge < -0.3 is 15.1 Å². The summed E-state index contributed by atoms with van der Waals surface area (Å²) in [6.07, 6.45) is 5.55. The van der Waals surface area contributed by atoms with Crippen LogP contribution in [0.5, 0.6) is 0 Å². The van der Waals surface area contributed by atoms with Crippen LogP contribution in [0.15, 0.2) is 42.7 Å². The Hall–Kier alpha value is -2.11. The molecule has 28 heavy (non-hydrogen) atoms. The van der Waals surface area contributed by atoms with Crippen LogP contribution >= 0.6 is 11.6 Å². The van der Waals surface area contributed by atoms with Gasteiger partial charge in [0.05, 0.1) is 6.04 Å². The zero-order valence-corrected chi connectivity index (χ0v) is 17.6. The van der Waals surface area contributed by atoms with Crippen molar-refractivity contribution in [2.45, 2.75) is 45.3 Å². The van der Waals surface area contributed by atoms with Crippen LogP contribution in [0.2, 0.25) is 5.02 Å². The summed E-state index contributed by atoms with van der Waals surface area (Å²) in [5.41, 5.74) is 3.10. The zero-order valence-electron chi connectivity index (χ0n) is 16.9. The number of hydrogen-bond acceptors (Lipinski definition) is 3. The minimum Gasteiger partial charge on any atom is -0.331 e. The van der Waals surface area contributed by atoms with Crippen molar-refractivity contribution in [2.75, 3.05) is 20.1 Å². The third-order valence-electron chi connectivity index (χ3n) is 5.58. The lowest BCUT2D eigenvalue weighted by molar-refractivity contribution is 0.125. The van der Waals surface area contributed by atoms with Crippen molar-refractivity contribution in [3.05, 3.63) is 64.4 Å². The highest BCUT2D eigenvalue weighted by molar-refractivity contribution is 6.31. The van der Waals surface area contributed by atoms with Crippen LogP contribution in [0.1, 0.15) is 42.5 Å². The summed E-state index contributed by atoms with van der Waals surface area (Å²) in [6, 6.07) is 9.83. The summed E-state index contributed by atoms with van der Waals surface area (Å²) in [7, 11) is 2.13. The molecule has 0 aliphatic carbocycles. The molecule has 1 unspecified atom stereocenters. The molecule has 1 fully saturated rings. The molecule has 1 aliphatic rings. The van der Waals surface area contributed by atoms with Gasteiger partial charge in [0.15, 0.2) is 0 Å². The van der Waals surface area contributed by atoms with Crippen molar-refractivity contribution in [1.82, 2.24) is 20.1 Å². The van der Waals surface area contributed by atoms with Gasteiger partial charge in [-0.3, -0.25) is 4.98 Å². The number of likely N-dealkylation sites (tertiary alicyclic amines) is 1. The number of carbonyl (C=O) groups is 1. The maximum Gasteiger partial charge on any atom is 0.318 e. The van der Waals surface area contributed by atoms with Gasteiger partial charge >= 0.3 is 6.03 Å². The summed E-state index contributed by atoms with van der Waals surface area (Å²) in [5, 5.41) is 3.91. The van der Waals surface area contributed by atoms with E-state index in [-0.39, 0.29) is 18.1 Å². The predicted octanol–water partition coefficient (Wildman–Crippen LogP) is 4.41. The number of carbonyl (C=O) groups excluding carboxylic acids is 1. The third kappa shape index (κ3) is 5.03. The lowest BCUT2D eigenvalue weighted by atomic mass is 10.0. The maximum atomic E-state index is 13.3. The van der Waals surface area contributed by atoms with Crippen LogP contribution in [0.25, 0.3) is 0 Å². The molecule has 3 rings (SSSR count). The molecule has 6 heteroatoms. The highest BCUT2D eigenvalue weighted by Crippen LogP contribution is 2.25. The first-order chi connectivity index (χ1) is 13.5. The number of nitrogens with one attached hydrogen (secondary N) is 1. The molecule has 1 saturated heterocycles. The SMILES string of the molecule is Cc1c(Cl)cccc1C(C)NC(=O)N(Cc1cccnc1)C1CCN(C)CC1. The van der Waals surface area contributed by atoms with Crippen molar-refractivity contribution in [1.29, 1.82) is 0 Å². The van der Waals surface area contributed by atoms with Crippen LogP contribution in [-0.4, -0.2) is 47.0 Å². The molecule has 1 aliphatic heterocycles. The average Bonchev–Trinajstić information content (AvgIpc) is 2.69.